The first-order chi connectivity index (χ1) is 8.43. The van der Waals surface area contributed by atoms with Crippen molar-refractivity contribution in [3.63, 3.8) is 0 Å². The largest absolute Gasteiger partial charge is 0.459 e. The minimum Gasteiger partial charge on any atom is -0.459 e. The van der Waals surface area contributed by atoms with Gasteiger partial charge in [-0.2, -0.15) is 0 Å². The number of hydrogen-bond donors (Lipinski definition) is 0. The van der Waals surface area contributed by atoms with E-state index in [9.17, 15) is 9.59 Å². The van der Waals surface area contributed by atoms with Gasteiger partial charge in [0.2, 0.25) is 6.29 Å². The number of carbonyl (C=O) groups is 2. The molecular weight excluding hydrogens is 242 g/mol. The van der Waals surface area contributed by atoms with Gasteiger partial charge in [0.05, 0.1) is 12.1 Å². The van der Waals surface area contributed by atoms with Gasteiger partial charge in [0.25, 0.3) is 0 Å². The number of hydrogen-bond acceptors (Lipinski definition) is 6. The Bertz CT molecular complexity index is 380. The van der Waals surface area contributed by atoms with Crippen LogP contribution in [0.2, 0.25) is 0 Å². The highest BCUT2D eigenvalue weighted by Crippen LogP contribution is 2.26. The van der Waals surface area contributed by atoms with Gasteiger partial charge in [-0.3, -0.25) is 9.59 Å². The van der Waals surface area contributed by atoms with E-state index in [-0.39, 0.29) is 6.42 Å². The van der Waals surface area contributed by atoms with Crippen molar-refractivity contribution in [2.75, 3.05) is 0 Å². The third-order valence-electron chi connectivity index (χ3n) is 2.44. The molecule has 1 heterocycles. The fraction of sp³-hybridized carbons (Fsp3) is 0.800. The van der Waals surface area contributed by atoms with Crippen LogP contribution in [0.1, 0.15) is 27.2 Å². The van der Waals surface area contributed by atoms with E-state index in [1.165, 1.54) is 13.8 Å². The van der Waals surface area contributed by atoms with Crippen molar-refractivity contribution in [2.24, 2.45) is 5.11 Å². The maximum Gasteiger partial charge on any atom is 0.304 e. The van der Waals surface area contributed by atoms with E-state index in [1.807, 2.05) is 0 Å². The molecule has 0 radical (unpaired) electrons. The van der Waals surface area contributed by atoms with Crippen LogP contribution < -0.4 is 0 Å². The second kappa shape index (κ2) is 6.23. The van der Waals surface area contributed by atoms with E-state index >= 15 is 0 Å². The van der Waals surface area contributed by atoms with Crippen LogP contribution in [-0.2, 0) is 23.8 Å². The predicted octanol–water partition coefficient (Wildman–Crippen LogP) is 1.29. The van der Waals surface area contributed by atoms with Crippen molar-refractivity contribution in [1.29, 1.82) is 0 Å². The van der Waals surface area contributed by atoms with Gasteiger partial charge in [-0.1, -0.05) is 5.11 Å². The molecule has 8 nitrogen and oxygen atoms in total. The van der Waals surface area contributed by atoms with Gasteiger partial charge in [-0.15, -0.1) is 0 Å². The van der Waals surface area contributed by atoms with Crippen molar-refractivity contribution in [2.45, 2.75) is 51.7 Å². The minimum absolute atomic E-state index is 0.159. The quantitative estimate of drug-likeness (QED) is 0.327. The normalized spacial score (nSPS) is 31.1. The summed E-state index contributed by atoms with van der Waals surface area (Å²) < 4.78 is 15.3. The molecule has 0 unspecified atom stereocenters. The van der Waals surface area contributed by atoms with Crippen molar-refractivity contribution in [3.8, 4) is 0 Å². The lowest BCUT2D eigenvalue weighted by molar-refractivity contribution is -0.226. The molecule has 0 saturated carbocycles. The maximum absolute atomic E-state index is 11.0. The second-order valence-electron chi connectivity index (χ2n) is 3.96. The molecule has 1 fully saturated rings. The summed E-state index contributed by atoms with van der Waals surface area (Å²) in [5, 5.41) is 3.56. The molecule has 0 aromatic heterocycles. The van der Waals surface area contributed by atoms with E-state index in [1.54, 1.807) is 6.92 Å². The molecule has 100 valence electrons. The van der Waals surface area contributed by atoms with Crippen LogP contribution in [0.5, 0.6) is 0 Å². The predicted molar refractivity (Wildman–Crippen MR) is 59.2 cm³/mol. The Labute approximate surface area is 104 Å². The van der Waals surface area contributed by atoms with Crippen LogP contribution in [0.4, 0.5) is 0 Å². The van der Waals surface area contributed by atoms with Crippen LogP contribution in [0.15, 0.2) is 5.11 Å². The molecule has 1 aliphatic rings. The topological polar surface area (TPSA) is 111 Å². The molecule has 0 aromatic carbocycles. The van der Waals surface area contributed by atoms with E-state index < -0.39 is 36.5 Å². The Hall–Kier alpha value is -1.79. The third kappa shape index (κ3) is 3.90. The summed E-state index contributed by atoms with van der Waals surface area (Å²) in [4.78, 5) is 24.5. The molecule has 18 heavy (non-hydrogen) atoms. The summed E-state index contributed by atoms with van der Waals surface area (Å²) in [6, 6.07) is -0.619. The SMILES string of the molecule is CC(=O)O[C@@H]1C[C@H](N=[N+]=[N-])[C@H](OC(C)=O)[C@H](C)O1. The van der Waals surface area contributed by atoms with Crippen molar-refractivity contribution in [3.05, 3.63) is 10.4 Å². The van der Waals surface area contributed by atoms with E-state index in [2.05, 4.69) is 10.0 Å². The first kappa shape index (κ1) is 14.3. The molecule has 0 bridgehead atoms. The highest BCUT2D eigenvalue weighted by Gasteiger charge is 2.39. The van der Waals surface area contributed by atoms with Crippen molar-refractivity contribution < 1.29 is 23.8 Å². The van der Waals surface area contributed by atoms with Gasteiger partial charge in [0, 0.05) is 25.2 Å². The second-order valence-corrected chi connectivity index (χ2v) is 3.96. The minimum atomic E-state index is -0.792. The van der Waals surface area contributed by atoms with Crippen LogP contribution in [0.3, 0.4) is 0 Å². The average molecular weight is 257 g/mol. The van der Waals surface area contributed by atoms with Gasteiger partial charge in [0.1, 0.15) is 6.10 Å². The van der Waals surface area contributed by atoms with Gasteiger partial charge in [-0.25, -0.2) is 0 Å². The lowest BCUT2D eigenvalue weighted by Crippen LogP contribution is -2.49. The molecule has 0 aliphatic carbocycles. The summed E-state index contributed by atoms with van der Waals surface area (Å²) in [6.45, 7) is 4.18. The highest BCUT2D eigenvalue weighted by atomic mass is 16.7. The van der Waals surface area contributed by atoms with Gasteiger partial charge in [0.15, 0.2) is 0 Å². The third-order valence-corrected chi connectivity index (χ3v) is 2.44. The summed E-state index contributed by atoms with van der Waals surface area (Å²) in [5.74, 6) is -0.975. The van der Waals surface area contributed by atoms with E-state index in [0.29, 0.717) is 0 Å². The van der Waals surface area contributed by atoms with E-state index in [4.69, 9.17) is 19.7 Å². The molecule has 1 saturated heterocycles. The zero-order valence-corrected chi connectivity index (χ0v) is 10.4. The standard InChI is InChI=1S/C10H15N3O5/c1-5-10(18-7(3)15)8(12-13-11)4-9(16-5)17-6(2)14/h5,8-10H,4H2,1-3H3/t5-,8-,9+,10+/m0/s1. The van der Waals surface area contributed by atoms with Crippen LogP contribution in [0, 0.1) is 0 Å². The molecule has 8 heteroatoms. The van der Waals surface area contributed by atoms with Gasteiger partial charge in [-0.05, 0) is 12.5 Å². The maximum atomic E-state index is 11.0. The molecule has 0 N–H and O–H groups in total. The fourth-order valence-electron chi connectivity index (χ4n) is 1.82. The highest BCUT2D eigenvalue weighted by molar-refractivity contribution is 5.66. The molecule has 4 atom stereocenters. The molecule has 0 aromatic rings. The summed E-state index contributed by atoms with van der Waals surface area (Å²) >= 11 is 0. The Balaban J connectivity index is 2.78. The number of rotatable bonds is 3. The summed E-state index contributed by atoms with van der Waals surface area (Å²) in [5.41, 5.74) is 8.49. The first-order valence-electron chi connectivity index (χ1n) is 5.48. The average Bonchev–Trinajstić information content (AvgIpc) is 2.22. The molecule has 0 spiro atoms. The Morgan fingerprint density at radius 3 is 2.44 bits per heavy atom. The summed E-state index contributed by atoms with van der Waals surface area (Å²) in [6.07, 6.45) is -1.83. The van der Waals surface area contributed by atoms with E-state index in [0.717, 1.165) is 0 Å². The molecule has 1 rings (SSSR count). The Morgan fingerprint density at radius 2 is 1.94 bits per heavy atom. The molecule has 0 amide bonds. The molecular formula is C10H15N3O5. The molecule has 1 aliphatic heterocycles. The monoisotopic (exact) mass is 257 g/mol. The van der Waals surface area contributed by atoms with Gasteiger partial charge < -0.3 is 14.2 Å². The lowest BCUT2D eigenvalue weighted by atomic mass is 10.0. The number of carbonyl (C=O) groups excluding carboxylic acids is 2. The first-order valence-corrected chi connectivity index (χ1v) is 5.48. The van der Waals surface area contributed by atoms with Crippen LogP contribution >= 0.6 is 0 Å². The van der Waals surface area contributed by atoms with Crippen LogP contribution in [0.25, 0.3) is 10.4 Å². The summed E-state index contributed by atoms with van der Waals surface area (Å²) in [7, 11) is 0. The Kier molecular flexibility index (Phi) is 4.94. The number of azide groups is 1. The number of esters is 2. The smallest absolute Gasteiger partial charge is 0.304 e. The zero-order chi connectivity index (χ0) is 13.7. The van der Waals surface area contributed by atoms with Gasteiger partial charge >= 0.3 is 11.9 Å². The number of nitrogens with zero attached hydrogens (tertiary/aromatic N) is 3. The van der Waals surface area contributed by atoms with Crippen LogP contribution in [-0.4, -0.2) is 36.5 Å². The zero-order valence-electron chi connectivity index (χ0n) is 10.4. The fourth-order valence-corrected chi connectivity index (χ4v) is 1.82. The van der Waals surface area contributed by atoms with Crippen molar-refractivity contribution >= 4 is 11.9 Å². The number of ether oxygens (including phenoxy) is 3. The lowest BCUT2D eigenvalue weighted by Gasteiger charge is -2.37. The van der Waals surface area contributed by atoms with Crippen molar-refractivity contribution in [1.82, 2.24) is 0 Å². The Morgan fingerprint density at radius 1 is 1.33 bits per heavy atom.